The van der Waals surface area contributed by atoms with E-state index in [1.54, 1.807) is 0 Å². The molecule has 0 spiro atoms. The van der Waals surface area contributed by atoms with Gasteiger partial charge in [-0.1, -0.05) is 48.0 Å². The molecular formula is C28H31N5O. The van der Waals surface area contributed by atoms with E-state index in [-0.39, 0.29) is 5.91 Å². The summed E-state index contributed by atoms with van der Waals surface area (Å²) in [6.45, 7) is 11.1. The molecule has 4 aromatic rings. The smallest absolute Gasteiger partial charge is 0.254 e. The predicted molar refractivity (Wildman–Crippen MR) is 136 cm³/mol. The molecule has 0 saturated carbocycles. The van der Waals surface area contributed by atoms with Gasteiger partial charge in [0.05, 0.1) is 22.5 Å². The van der Waals surface area contributed by atoms with Gasteiger partial charge in [0.2, 0.25) is 0 Å². The van der Waals surface area contributed by atoms with Crippen molar-refractivity contribution in [3.8, 4) is 11.3 Å². The predicted octanol–water partition coefficient (Wildman–Crippen LogP) is 4.69. The summed E-state index contributed by atoms with van der Waals surface area (Å²) in [6, 6.07) is 18.5. The number of piperazine rings is 1. The van der Waals surface area contributed by atoms with Crippen LogP contribution in [-0.4, -0.2) is 56.7 Å². The van der Waals surface area contributed by atoms with E-state index >= 15 is 0 Å². The number of carbonyl (C=O) groups excluding carboxylic acids is 1. The highest BCUT2D eigenvalue weighted by Gasteiger charge is 2.25. The number of rotatable bonds is 5. The van der Waals surface area contributed by atoms with Crippen LogP contribution < -0.4 is 0 Å². The monoisotopic (exact) mass is 453 g/mol. The third-order valence-electron chi connectivity index (χ3n) is 6.64. The van der Waals surface area contributed by atoms with E-state index in [1.165, 1.54) is 11.1 Å². The molecular weight excluding hydrogens is 422 g/mol. The lowest BCUT2D eigenvalue weighted by molar-refractivity contribution is 0.0630. The van der Waals surface area contributed by atoms with Crippen LogP contribution in [-0.2, 0) is 13.1 Å². The molecule has 5 rings (SSSR count). The van der Waals surface area contributed by atoms with Crippen molar-refractivity contribution in [3.63, 3.8) is 0 Å². The van der Waals surface area contributed by atoms with Gasteiger partial charge >= 0.3 is 0 Å². The van der Waals surface area contributed by atoms with Crippen LogP contribution in [0, 0.1) is 13.8 Å². The first-order valence-corrected chi connectivity index (χ1v) is 12.0. The van der Waals surface area contributed by atoms with Gasteiger partial charge in [0.1, 0.15) is 0 Å². The maximum atomic E-state index is 13.7. The third kappa shape index (κ3) is 4.46. The Hall–Kier alpha value is -3.51. The molecule has 3 heterocycles. The second-order valence-electron chi connectivity index (χ2n) is 9.11. The first-order valence-electron chi connectivity index (χ1n) is 12.0. The van der Waals surface area contributed by atoms with Crippen LogP contribution in [0.2, 0.25) is 0 Å². The van der Waals surface area contributed by atoms with Gasteiger partial charge in [-0.05, 0) is 38.5 Å². The Labute approximate surface area is 200 Å². The Balaban J connectivity index is 1.39. The number of pyridine rings is 1. The highest BCUT2D eigenvalue weighted by molar-refractivity contribution is 6.07. The summed E-state index contributed by atoms with van der Waals surface area (Å²) in [7, 11) is 0. The molecule has 0 unspecified atom stereocenters. The van der Waals surface area contributed by atoms with Gasteiger partial charge in [-0.3, -0.25) is 14.4 Å². The summed E-state index contributed by atoms with van der Waals surface area (Å²) in [6.07, 6.45) is 2.02. The fraction of sp³-hybridized carbons (Fsp3) is 0.321. The van der Waals surface area contributed by atoms with E-state index < -0.39 is 0 Å². The standard InChI is InChI=1S/C28H31N5O/c1-4-33-19-25(21(3)30-33)27-17-24(23-10-5-6-11-26(23)29-27)28(34)32-14-12-31(13-15-32)18-22-9-7-8-20(2)16-22/h5-11,16-17,19H,4,12-15,18H2,1-3H3. The Morgan fingerprint density at radius 2 is 1.76 bits per heavy atom. The minimum atomic E-state index is 0.0793. The van der Waals surface area contributed by atoms with Crippen LogP contribution in [0.4, 0.5) is 0 Å². The number of amides is 1. The summed E-state index contributed by atoms with van der Waals surface area (Å²) < 4.78 is 1.91. The Morgan fingerprint density at radius 3 is 2.50 bits per heavy atom. The van der Waals surface area contributed by atoms with E-state index in [0.717, 1.165) is 72.7 Å². The molecule has 2 aromatic heterocycles. The van der Waals surface area contributed by atoms with Crippen molar-refractivity contribution in [2.24, 2.45) is 0 Å². The molecule has 1 aliphatic rings. The zero-order valence-electron chi connectivity index (χ0n) is 20.2. The third-order valence-corrected chi connectivity index (χ3v) is 6.64. The minimum Gasteiger partial charge on any atom is -0.336 e. The van der Waals surface area contributed by atoms with E-state index in [9.17, 15) is 4.79 Å². The molecule has 0 N–H and O–H groups in total. The lowest BCUT2D eigenvalue weighted by Gasteiger charge is -2.35. The zero-order valence-corrected chi connectivity index (χ0v) is 20.2. The van der Waals surface area contributed by atoms with E-state index in [2.05, 4.69) is 48.1 Å². The van der Waals surface area contributed by atoms with Crippen molar-refractivity contribution in [1.82, 2.24) is 24.6 Å². The Kier molecular flexibility index (Phi) is 6.16. The van der Waals surface area contributed by atoms with Gasteiger partial charge in [0, 0.05) is 56.4 Å². The lowest BCUT2D eigenvalue weighted by Crippen LogP contribution is -2.48. The summed E-state index contributed by atoms with van der Waals surface area (Å²) in [5.41, 5.74) is 6.87. The molecule has 1 fully saturated rings. The molecule has 174 valence electrons. The first kappa shape index (κ1) is 22.3. The second kappa shape index (κ2) is 9.39. The molecule has 1 amide bonds. The number of nitrogens with zero attached hydrogens (tertiary/aromatic N) is 5. The fourth-order valence-electron chi connectivity index (χ4n) is 4.77. The summed E-state index contributed by atoms with van der Waals surface area (Å²) in [5, 5.41) is 5.48. The molecule has 6 heteroatoms. The van der Waals surface area contributed by atoms with Gasteiger partial charge in [-0.15, -0.1) is 0 Å². The van der Waals surface area contributed by atoms with Crippen LogP contribution in [0.15, 0.2) is 60.8 Å². The number of hydrogen-bond donors (Lipinski definition) is 0. The molecule has 6 nitrogen and oxygen atoms in total. The van der Waals surface area contributed by atoms with E-state index in [4.69, 9.17) is 4.98 Å². The lowest BCUT2D eigenvalue weighted by atomic mass is 10.0. The average molecular weight is 454 g/mol. The van der Waals surface area contributed by atoms with Crippen molar-refractivity contribution >= 4 is 16.8 Å². The highest BCUT2D eigenvalue weighted by Crippen LogP contribution is 2.28. The number of carbonyl (C=O) groups is 1. The van der Waals surface area contributed by atoms with Crippen LogP contribution in [0.25, 0.3) is 22.2 Å². The van der Waals surface area contributed by atoms with Gasteiger partial charge < -0.3 is 4.90 Å². The minimum absolute atomic E-state index is 0.0793. The fourth-order valence-corrected chi connectivity index (χ4v) is 4.77. The van der Waals surface area contributed by atoms with Crippen molar-refractivity contribution in [2.45, 2.75) is 33.9 Å². The summed E-state index contributed by atoms with van der Waals surface area (Å²) >= 11 is 0. The van der Waals surface area contributed by atoms with Gasteiger partial charge in [-0.25, -0.2) is 4.98 Å². The SMILES string of the molecule is CCn1cc(-c2cc(C(=O)N3CCN(Cc4cccc(C)c4)CC3)c3ccccc3n2)c(C)n1. The zero-order chi connectivity index (χ0) is 23.7. The maximum absolute atomic E-state index is 13.7. The Bertz CT molecular complexity index is 1330. The molecule has 34 heavy (non-hydrogen) atoms. The number of fused-ring (bicyclic) bond motifs is 1. The quantitative estimate of drug-likeness (QED) is 0.440. The molecule has 0 bridgehead atoms. The van der Waals surface area contributed by atoms with Crippen LogP contribution >= 0.6 is 0 Å². The Morgan fingerprint density at radius 1 is 0.971 bits per heavy atom. The number of benzene rings is 2. The van der Waals surface area contributed by atoms with Crippen molar-refractivity contribution in [2.75, 3.05) is 26.2 Å². The van der Waals surface area contributed by atoms with Crippen LogP contribution in [0.5, 0.6) is 0 Å². The van der Waals surface area contributed by atoms with Gasteiger partial charge in [0.25, 0.3) is 5.91 Å². The number of hydrogen-bond acceptors (Lipinski definition) is 4. The van der Waals surface area contributed by atoms with Crippen LogP contribution in [0.1, 0.15) is 34.1 Å². The molecule has 1 saturated heterocycles. The van der Waals surface area contributed by atoms with Crippen molar-refractivity contribution in [3.05, 3.63) is 83.2 Å². The molecule has 0 aliphatic carbocycles. The topological polar surface area (TPSA) is 54.3 Å². The van der Waals surface area contributed by atoms with Crippen molar-refractivity contribution < 1.29 is 4.79 Å². The molecule has 2 aromatic carbocycles. The normalized spacial score (nSPS) is 14.6. The first-order chi connectivity index (χ1) is 16.5. The van der Waals surface area contributed by atoms with E-state index in [1.807, 2.05) is 53.0 Å². The second-order valence-corrected chi connectivity index (χ2v) is 9.11. The van der Waals surface area contributed by atoms with Crippen LogP contribution in [0.3, 0.4) is 0 Å². The summed E-state index contributed by atoms with van der Waals surface area (Å²) in [4.78, 5) is 23.0. The molecule has 1 aliphatic heterocycles. The number of para-hydroxylation sites is 1. The van der Waals surface area contributed by atoms with E-state index in [0.29, 0.717) is 0 Å². The highest BCUT2D eigenvalue weighted by atomic mass is 16.2. The molecule has 0 radical (unpaired) electrons. The molecule has 0 atom stereocenters. The van der Waals surface area contributed by atoms with Gasteiger partial charge in [0.15, 0.2) is 0 Å². The number of aromatic nitrogens is 3. The largest absolute Gasteiger partial charge is 0.336 e. The number of aryl methyl sites for hydroxylation is 3. The summed E-state index contributed by atoms with van der Waals surface area (Å²) in [5.74, 6) is 0.0793. The average Bonchev–Trinajstić information content (AvgIpc) is 3.24. The van der Waals surface area contributed by atoms with Gasteiger partial charge in [-0.2, -0.15) is 5.10 Å². The maximum Gasteiger partial charge on any atom is 0.254 e. The van der Waals surface area contributed by atoms with Crippen molar-refractivity contribution in [1.29, 1.82) is 0 Å².